The highest BCUT2D eigenvalue weighted by molar-refractivity contribution is 5.27. The summed E-state index contributed by atoms with van der Waals surface area (Å²) < 4.78 is 27.5. The molecule has 1 saturated carbocycles. The lowest BCUT2D eigenvalue weighted by atomic mass is 9.81. The molecule has 1 nitrogen and oxygen atoms in total. The van der Waals surface area contributed by atoms with Crippen LogP contribution in [0.25, 0.3) is 0 Å². The second-order valence-electron chi connectivity index (χ2n) is 6.55. The van der Waals surface area contributed by atoms with Gasteiger partial charge in [-0.15, -0.1) is 0 Å². The number of hydrogen-bond acceptors (Lipinski definition) is 1. The zero-order valence-electron chi connectivity index (χ0n) is 13.4. The molecule has 1 aromatic rings. The molecule has 1 unspecified atom stereocenters. The Morgan fingerprint density at radius 3 is 2.33 bits per heavy atom. The number of rotatable bonds is 5. The first-order chi connectivity index (χ1) is 10.0. The second-order valence-corrected chi connectivity index (χ2v) is 6.55. The van der Waals surface area contributed by atoms with E-state index in [9.17, 15) is 8.78 Å². The fourth-order valence-corrected chi connectivity index (χ4v) is 3.29. The maximum atomic E-state index is 13.9. The van der Waals surface area contributed by atoms with E-state index in [1.54, 1.807) is 6.92 Å². The van der Waals surface area contributed by atoms with E-state index in [1.807, 2.05) is 6.92 Å². The van der Waals surface area contributed by atoms with Gasteiger partial charge in [-0.3, -0.25) is 0 Å². The molecule has 0 aliphatic heterocycles. The Hall–Kier alpha value is -0.960. The fraction of sp³-hybridized carbons (Fsp3) is 0.667. The van der Waals surface area contributed by atoms with Crippen molar-refractivity contribution in [2.24, 2.45) is 11.8 Å². The van der Waals surface area contributed by atoms with Crippen LogP contribution in [0.2, 0.25) is 0 Å². The Morgan fingerprint density at radius 2 is 1.71 bits per heavy atom. The van der Waals surface area contributed by atoms with E-state index in [4.69, 9.17) is 0 Å². The minimum absolute atomic E-state index is 0.149. The predicted molar refractivity (Wildman–Crippen MR) is 83.3 cm³/mol. The molecular weight excluding hydrogens is 268 g/mol. The Bertz CT molecular complexity index is 465. The van der Waals surface area contributed by atoms with Crippen LogP contribution in [0.4, 0.5) is 8.78 Å². The molecule has 2 rings (SSSR count). The second kappa shape index (κ2) is 7.35. The van der Waals surface area contributed by atoms with Crippen LogP contribution < -0.4 is 5.32 Å². The Labute approximate surface area is 127 Å². The van der Waals surface area contributed by atoms with E-state index in [2.05, 4.69) is 12.2 Å². The van der Waals surface area contributed by atoms with E-state index in [-0.39, 0.29) is 17.7 Å². The van der Waals surface area contributed by atoms with Crippen molar-refractivity contribution in [1.82, 2.24) is 5.32 Å². The molecule has 0 heterocycles. The molecule has 1 fully saturated rings. The van der Waals surface area contributed by atoms with E-state index >= 15 is 0 Å². The summed E-state index contributed by atoms with van der Waals surface area (Å²) in [5.41, 5.74) is 0.793. The molecule has 1 aromatic carbocycles. The lowest BCUT2D eigenvalue weighted by Gasteiger charge is -2.29. The molecule has 1 aliphatic carbocycles. The number of aryl methyl sites for hydroxylation is 1. The van der Waals surface area contributed by atoms with Crippen molar-refractivity contribution in [2.45, 2.75) is 58.9 Å². The summed E-state index contributed by atoms with van der Waals surface area (Å²) in [4.78, 5) is 0. The molecule has 21 heavy (non-hydrogen) atoms. The van der Waals surface area contributed by atoms with Crippen LogP contribution in [0.1, 0.15) is 63.1 Å². The van der Waals surface area contributed by atoms with E-state index < -0.39 is 0 Å². The van der Waals surface area contributed by atoms with Crippen molar-refractivity contribution in [3.63, 3.8) is 0 Å². The van der Waals surface area contributed by atoms with Gasteiger partial charge >= 0.3 is 0 Å². The topological polar surface area (TPSA) is 12.0 Å². The van der Waals surface area contributed by atoms with Gasteiger partial charge in [0, 0.05) is 11.6 Å². The van der Waals surface area contributed by atoms with Gasteiger partial charge in [0.1, 0.15) is 11.6 Å². The minimum Gasteiger partial charge on any atom is -0.310 e. The number of benzene rings is 1. The maximum absolute atomic E-state index is 13.9. The van der Waals surface area contributed by atoms with Crippen LogP contribution in [0.15, 0.2) is 12.1 Å². The van der Waals surface area contributed by atoms with Gasteiger partial charge in [0.2, 0.25) is 0 Å². The van der Waals surface area contributed by atoms with Crippen molar-refractivity contribution in [3.05, 3.63) is 34.9 Å². The molecule has 3 heteroatoms. The summed E-state index contributed by atoms with van der Waals surface area (Å²) in [5, 5.41) is 3.38. The van der Waals surface area contributed by atoms with Crippen LogP contribution in [0, 0.1) is 30.4 Å². The smallest absolute Gasteiger partial charge is 0.128 e. The van der Waals surface area contributed by atoms with Crippen molar-refractivity contribution >= 4 is 0 Å². The van der Waals surface area contributed by atoms with Gasteiger partial charge < -0.3 is 5.32 Å². The van der Waals surface area contributed by atoms with Gasteiger partial charge in [-0.05, 0) is 62.8 Å². The van der Waals surface area contributed by atoms with Gasteiger partial charge in [0.25, 0.3) is 0 Å². The summed E-state index contributed by atoms with van der Waals surface area (Å²) in [6.45, 7) is 6.66. The quantitative estimate of drug-likeness (QED) is 0.793. The van der Waals surface area contributed by atoms with Crippen LogP contribution in [-0.4, -0.2) is 6.54 Å². The summed E-state index contributed by atoms with van der Waals surface area (Å²) in [7, 11) is 0. The monoisotopic (exact) mass is 295 g/mol. The van der Waals surface area contributed by atoms with Crippen molar-refractivity contribution in [2.75, 3.05) is 6.54 Å². The molecule has 118 valence electrons. The van der Waals surface area contributed by atoms with Gasteiger partial charge in [0.05, 0.1) is 0 Å². The Morgan fingerprint density at radius 1 is 1.10 bits per heavy atom. The van der Waals surface area contributed by atoms with Gasteiger partial charge in [-0.1, -0.05) is 26.2 Å². The molecule has 0 amide bonds. The number of halogens is 2. The Balaban J connectivity index is 1.88. The predicted octanol–water partition coefficient (Wildman–Crippen LogP) is 5.14. The van der Waals surface area contributed by atoms with Crippen molar-refractivity contribution in [3.8, 4) is 0 Å². The van der Waals surface area contributed by atoms with Crippen molar-refractivity contribution in [1.29, 1.82) is 0 Å². The van der Waals surface area contributed by atoms with Gasteiger partial charge in [-0.2, -0.15) is 0 Å². The van der Waals surface area contributed by atoms with Crippen molar-refractivity contribution < 1.29 is 8.78 Å². The lowest BCUT2D eigenvalue weighted by molar-refractivity contribution is 0.257. The van der Waals surface area contributed by atoms with Crippen LogP contribution >= 0.6 is 0 Å². The number of nitrogens with one attached hydrogen (secondary N) is 1. The molecule has 0 aromatic heterocycles. The highest BCUT2D eigenvalue weighted by Gasteiger charge is 2.21. The molecule has 0 radical (unpaired) electrons. The van der Waals surface area contributed by atoms with E-state index in [0.29, 0.717) is 17.0 Å². The molecule has 1 N–H and O–H groups in total. The summed E-state index contributed by atoms with van der Waals surface area (Å²) in [6, 6.07) is 2.47. The van der Waals surface area contributed by atoms with Crippen LogP contribution in [0.3, 0.4) is 0 Å². The molecular formula is C18H27F2N. The first kappa shape index (κ1) is 16.4. The molecule has 0 saturated heterocycles. The third-order valence-corrected chi connectivity index (χ3v) is 5.00. The summed E-state index contributed by atoms with van der Waals surface area (Å²) in [6.07, 6.45) is 6.41. The van der Waals surface area contributed by atoms with Gasteiger partial charge in [0.15, 0.2) is 0 Å². The molecule has 0 spiro atoms. The standard InChI is InChI=1S/C18H27F2N/c1-4-14-5-7-15(8-6-14)11-21-13(3)16-10-17(19)12(2)9-18(16)20/h9-10,13-15,21H,4-8,11H2,1-3H3. The van der Waals surface area contributed by atoms with Crippen LogP contribution in [0.5, 0.6) is 0 Å². The third-order valence-electron chi connectivity index (χ3n) is 5.00. The normalized spacial score (nSPS) is 24.0. The zero-order valence-corrected chi connectivity index (χ0v) is 13.4. The highest BCUT2D eigenvalue weighted by atomic mass is 19.1. The largest absolute Gasteiger partial charge is 0.310 e. The van der Waals surface area contributed by atoms with Gasteiger partial charge in [-0.25, -0.2) is 8.78 Å². The Kier molecular flexibility index (Phi) is 5.74. The highest BCUT2D eigenvalue weighted by Crippen LogP contribution is 2.30. The van der Waals surface area contributed by atoms with E-state index in [0.717, 1.165) is 12.5 Å². The lowest BCUT2D eigenvalue weighted by Crippen LogP contribution is -2.29. The minimum atomic E-state index is -0.330. The molecule has 0 bridgehead atoms. The molecule has 1 aliphatic rings. The van der Waals surface area contributed by atoms with Crippen LogP contribution in [-0.2, 0) is 0 Å². The average molecular weight is 295 g/mol. The molecule has 1 atom stereocenters. The zero-order chi connectivity index (χ0) is 15.4. The summed E-state index contributed by atoms with van der Waals surface area (Å²) in [5.74, 6) is 0.919. The van der Waals surface area contributed by atoms with E-state index in [1.165, 1.54) is 44.2 Å². The summed E-state index contributed by atoms with van der Waals surface area (Å²) >= 11 is 0. The maximum Gasteiger partial charge on any atom is 0.128 e. The first-order valence-electron chi connectivity index (χ1n) is 8.20. The number of hydrogen-bond donors (Lipinski definition) is 1. The average Bonchev–Trinajstić information content (AvgIpc) is 2.49. The fourth-order valence-electron chi connectivity index (χ4n) is 3.29. The SMILES string of the molecule is CCC1CCC(CNC(C)c2cc(F)c(C)cc2F)CC1. The third kappa shape index (κ3) is 4.26. The first-order valence-corrected chi connectivity index (χ1v) is 8.20.